The Hall–Kier alpha value is -4.35. The molecule has 5 rings (SSSR count). The smallest absolute Gasteiger partial charge is 0.337 e. The van der Waals surface area contributed by atoms with E-state index in [9.17, 15) is 9.59 Å². The molecule has 180 valence electrons. The van der Waals surface area contributed by atoms with Crippen LogP contribution in [-0.2, 0) is 17.8 Å². The molecule has 36 heavy (non-hydrogen) atoms. The summed E-state index contributed by atoms with van der Waals surface area (Å²) in [6.45, 7) is 0.960. The standard InChI is InChI=1S/C27H22ClN5O3/c1-36-26(34)18-4-7-21(8-5-18)33-24-10-12-30-16-25(24)32(27(33)35)17-22-15-19-14-20(28)6-9-23(19)31(22)13-3-2-11-29/h4-10,12,14-16H,2-3,13,17H2,1H3. The predicted molar refractivity (Wildman–Crippen MR) is 138 cm³/mol. The number of methoxy groups -OCH3 is 1. The number of unbranched alkanes of at least 4 members (excludes halogenated alkanes) is 1. The van der Waals surface area contributed by atoms with E-state index in [4.69, 9.17) is 21.6 Å². The van der Waals surface area contributed by atoms with Crippen molar-refractivity contribution in [2.24, 2.45) is 0 Å². The van der Waals surface area contributed by atoms with E-state index in [1.807, 2.05) is 24.3 Å². The monoisotopic (exact) mass is 499 g/mol. The number of fused-ring (bicyclic) bond motifs is 2. The molecule has 0 amide bonds. The summed E-state index contributed by atoms with van der Waals surface area (Å²) in [5, 5.41) is 10.6. The Balaban J connectivity index is 1.63. The maximum Gasteiger partial charge on any atom is 0.337 e. The van der Waals surface area contributed by atoms with Gasteiger partial charge in [0.15, 0.2) is 0 Å². The number of nitriles is 1. The molecule has 0 saturated heterocycles. The summed E-state index contributed by atoms with van der Waals surface area (Å²) in [6.07, 6.45) is 4.46. The SMILES string of the molecule is COC(=O)c1ccc(-n2c(=O)n(Cc3cc4cc(Cl)ccc4n3CCCC#N)c3cnccc32)cc1. The molecular formula is C27H22ClN5O3. The molecule has 0 fully saturated rings. The number of carbonyl (C=O) groups is 1. The van der Waals surface area contributed by atoms with E-state index < -0.39 is 5.97 Å². The van der Waals surface area contributed by atoms with Gasteiger partial charge in [-0.25, -0.2) is 9.59 Å². The van der Waals surface area contributed by atoms with Gasteiger partial charge < -0.3 is 9.30 Å². The van der Waals surface area contributed by atoms with Crippen molar-refractivity contribution < 1.29 is 9.53 Å². The number of pyridine rings is 1. The molecule has 2 aromatic carbocycles. The van der Waals surface area contributed by atoms with Gasteiger partial charge in [0.1, 0.15) is 0 Å². The number of aryl methyl sites for hydroxylation is 1. The first-order valence-corrected chi connectivity index (χ1v) is 11.8. The Labute approximate surface area is 211 Å². The zero-order valence-corrected chi connectivity index (χ0v) is 20.3. The molecule has 0 spiro atoms. The number of benzene rings is 2. The first-order valence-electron chi connectivity index (χ1n) is 11.4. The van der Waals surface area contributed by atoms with Crippen LogP contribution in [0.4, 0.5) is 0 Å². The number of hydrogen-bond donors (Lipinski definition) is 0. The molecule has 0 N–H and O–H groups in total. The van der Waals surface area contributed by atoms with E-state index in [2.05, 4.69) is 15.6 Å². The molecule has 0 aliphatic heterocycles. The molecule has 0 aliphatic rings. The maximum atomic E-state index is 13.7. The topological polar surface area (TPSA) is 94.8 Å². The van der Waals surface area contributed by atoms with E-state index in [0.717, 1.165) is 16.6 Å². The zero-order chi connectivity index (χ0) is 25.2. The Morgan fingerprint density at radius 1 is 1.06 bits per heavy atom. The molecule has 0 radical (unpaired) electrons. The molecule has 3 heterocycles. The third-order valence-electron chi connectivity index (χ3n) is 6.22. The molecule has 8 nitrogen and oxygen atoms in total. The fraction of sp³-hybridized carbons (Fsp3) is 0.185. The van der Waals surface area contributed by atoms with Crippen molar-refractivity contribution in [3.8, 4) is 11.8 Å². The summed E-state index contributed by atoms with van der Waals surface area (Å²) in [5.41, 5.74) is 4.12. The highest BCUT2D eigenvalue weighted by Crippen LogP contribution is 2.26. The summed E-state index contributed by atoms with van der Waals surface area (Å²) < 4.78 is 10.2. The fourth-order valence-corrected chi connectivity index (χ4v) is 4.72. The quantitative estimate of drug-likeness (QED) is 0.233. The first kappa shape index (κ1) is 23.4. The van der Waals surface area contributed by atoms with Crippen LogP contribution in [0.5, 0.6) is 0 Å². The summed E-state index contributed by atoms with van der Waals surface area (Å²) in [4.78, 5) is 29.8. The molecule has 0 atom stereocenters. The highest BCUT2D eigenvalue weighted by molar-refractivity contribution is 6.31. The number of nitrogens with zero attached hydrogens (tertiary/aromatic N) is 5. The van der Waals surface area contributed by atoms with E-state index in [1.54, 1.807) is 51.9 Å². The number of ether oxygens (including phenoxy) is 1. The summed E-state index contributed by atoms with van der Waals surface area (Å²) in [5.74, 6) is -0.440. The predicted octanol–water partition coefficient (Wildman–Crippen LogP) is 4.93. The molecule has 3 aromatic heterocycles. The number of rotatable bonds is 7. The zero-order valence-electron chi connectivity index (χ0n) is 19.5. The summed E-state index contributed by atoms with van der Waals surface area (Å²) in [6, 6.07) is 18.4. The number of aromatic nitrogens is 4. The van der Waals surface area contributed by atoms with E-state index >= 15 is 0 Å². The molecule has 0 aliphatic carbocycles. The number of hydrogen-bond acceptors (Lipinski definition) is 5. The number of imidazole rings is 1. The van der Waals surface area contributed by atoms with Crippen molar-refractivity contribution >= 4 is 39.5 Å². The van der Waals surface area contributed by atoms with Gasteiger partial charge in [0.2, 0.25) is 0 Å². The maximum absolute atomic E-state index is 13.7. The number of carbonyl (C=O) groups excluding carboxylic acids is 1. The van der Waals surface area contributed by atoms with Crippen molar-refractivity contribution in [1.29, 1.82) is 5.26 Å². The van der Waals surface area contributed by atoms with E-state index in [-0.39, 0.29) is 5.69 Å². The van der Waals surface area contributed by atoms with Crippen molar-refractivity contribution in [1.82, 2.24) is 18.7 Å². The molecule has 0 unspecified atom stereocenters. The molecular weight excluding hydrogens is 478 g/mol. The van der Waals surface area contributed by atoms with Crippen molar-refractivity contribution in [3.63, 3.8) is 0 Å². The van der Waals surface area contributed by atoms with Gasteiger partial charge in [0, 0.05) is 40.8 Å². The van der Waals surface area contributed by atoms with Gasteiger partial charge in [-0.3, -0.25) is 14.1 Å². The molecule has 0 saturated carbocycles. The van der Waals surface area contributed by atoms with Crippen LogP contribution in [0.15, 0.2) is 71.8 Å². The lowest BCUT2D eigenvalue weighted by Crippen LogP contribution is -2.24. The Morgan fingerprint density at radius 2 is 1.86 bits per heavy atom. The van der Waals surface area contributed by atoms with Crippen LogP contribution in [0.2, 0.25) is 5.02 Å². The molecule has 0 bridgehead atoms. The normalized spacial score (nSPS) is 11.1. The largest absolute Gasteiger partial charge is 0.465 e. The van der Waals surface area contributed by atoms with Crippen molar-refractivity contribution in [2.45, 2.75) is 25.9 Å². The second kappa shape index (κ2) is 9.72. The number of esters is 1. The third kappa shape index (κ3) is 4.14. The van der Waals surface area contributed by atoms with Crippen molar-refractivity contribution in [3.05, 3.63) is 93.8 Å². The Bertz CT molecular complexity index is 1690. The summed E-state index contributed by atoms with van der Waals surface area (Å²) in [7, 11) is 1.33. The van der Waals surface area contributed by atoms with E-state index in [1.165, 1.54) is 7.11 Å². The first-order chi connectivity index (χ1) is 17.5. The summed E-state index contributed by atoms with van der Waals surface area (Å²) >= 11 is 6.23. The van der Waals surface area contributed by atoms with Crippen LogP contribution in [0.3, 0.4) is 0 Å². The Kier molecular flexibility index (Phi) is 6.32. The highest BCUT2D eigenvalue weighted by Gasteiger charge is 2.18. The van der Waals surface area contributed by atoms with Gasteiger partial charge in [-0.2, -0.15) is 5.26 Å². The van der Waals surface area contributed by atoms with Gasteiger partial charge in [-0.1, -0.05) is 11.6 Å². The minimum absolute atomic E-state index is 0.226. The van der Waals surface area contributed by atoms with E-state index in [0.29, 0.717) is 53.2 Å². The minimum Gasteiger partial charge on any atom is -0.465 e. The van der Waals surface area contributed by atoms with Gasteiger partial charge in [-0.05, 0) is 61.0 Å². The minimum atomic E-state index is -0.440. The Morgan fingerprint density at radius 3 is 2.61 bits per heavy atom. The lowest BCUT2D eigenvalue weighted by molar-refractivity contribution is 0.0600. The molecule has 5 aromatic rings. The van der Waals surface area contributed by atoms with Gasteiger partial charge in [0.25, 0.3) is 0 Å². The third-order valence-corrected chi connectivity index (χ3v) is 6.45. The second-order valence-electron chi connectivity index (χ2n) is 8.36. The van der Waals surface area contributed by atoms with Gasteiger partial charge >= 0.3 is 11.7 Å². The van der Waals surface area contributed by atoms with Crippen LogP contribution in [0.25, 0.3) is 27.6 Å². The van der Waals surface area contributed by atoms with Crippen LogP contribution in [0.1, 0.15) is 28.9 Å². The average Bonchev–Trinajstić information content (AvgIpc) is 3.37. The van der Waals surface area contributed by atoms with Crippen LogP contribution in [0, 0.1) is 11.3 Å². The van der Waals surface area contributed by atoms with Crippen molar-refractivity contribution in [2.75, 3.05) is 7.11 Å². The lowest BCUT2D eigenvalue weighted by atomic mass is 10.2. The number of halogens is 1. The highest BCUT2D eigenvalue weighted by atomic mass is 35.5. The van der Waals surface area contributed by atoms with Crippen LogP contribution < -0.4 is 5.69 Å². The second-order valence-corrected chi connectivity index (χ2v) is 8.80. The molecule has 9 heteroatoms. The fourth-order valence-electron chi connectivity index (χ4n) is 4.54. The van der Waals surface area contributed by atoms with Gasteiger partial charge in [-0.15, -0.1) is 0 Å². The van der Waals surface area contributed by atoms with Crippen LogP contribution in [-0.4, -0.2) is 31.8 Å². The lowest BCUT2D eigenvalue weighted by Gasteiger charge is -2.11. The van der Waals surface area contributed by atoms with Crippen LogP contribution >= 0.6 is 11.6 Å². The average molecular weight is 500 g/mol. The van der Waals surface area contributed by atoms with Gasteiger partial charge in [0.05, 0.1) is 48.2 Å².